The molecule has 90 valence electrons. The van der Waals surface area contributed by atoms with Gasteiger partial charge in [-0.15, -0.1) is 11.8 Å². The largest absolute Gasteiger partial charge is 0.394 e. The Kier molecular flexibility index (Phi) is 5.80. The number of unbranched alkanes of at least 4 members (excludes halogenated alkanes) is 1. The first-order chi connectivity index (χ1) is 7.64. The van der Waals surface area contributed by atoms with Gasteiger partial charge in [-0.2, -0.15) is 0 Å². The molecule has 0 amide bonds. The Morgan fingerprint density at radius 1 is 1.38 bits per heavy atom. The molecule has 1 atom stereocenters. The summed E-state index contributed by atoms with van der Waals surface area (Å²) in [5, 5.41) is 8.99. The second kappa shape index (κ2) is 6.89. The Morgan fingerprint density at radius 2 is 2.06 bits per heavy atom. The number of aromatic nitrogens is 1. The van der Waals surface area contributed by atoms with Crippen LogP contribution in [-0.2, 0) is 0 Å². The van der Waals surface area contributed by atoms with E-state index in [2.05, 4.69) is 4.98 Å². The minimum absolute atomic E-state index is 0.0600. The van der Waals surface area contributed by atoms with Crippen molar-refractivity contribution in [2.45, 2.75) is 36.6 Å². The predicted molar refractivity (Wildman–Crippen MR) is 68.5 cm³/mol. The Hall–Kier alpha value is -0.580. The number of aliphatic hydroxyl groups is 1. The van der Waals surface area contributed by atoms with Crippen LogP contribution in [0.4, 0.5) is 0 Å². The third kappa shape index (κ3) is 5.49. The van der Waals surface area contributed by atoms with Gasteiger partial charge in [0.1, 0.15) is 0 Å². The molecule has 1 rings (SSSR count). The van der Waals surface area contributed by atoms with E-state index >= 15 is 0 Å². The van der Waals surface area contributed by atoms with E-state index in [0.29, 0.717) is 0 Å². The molecule has 1 aromatic heterocycles. The first-order valence-electron chi connectivity index (χ1n) is 5.57. The van der Waals surface area contributed by atoms with Crippen molar-refractivity contribution in [3.8, 4) is 0 Å². The average Bonchev–Trinajstić information content (AvgIpc) is 2.30. The summed E-state index contributed by atoms with van der Waals surface area (Å²) in [5.74, 6) is 1.09. The van der Waals surface area contributed by atoms with Crippen LogP contribution in [0.2, 0.25) is 0 Å². The Bertz CT molecular complexity index is 290. The molecule has 1 heterocycles. The number of nitrogens with two attached hydrogens (primary N) is 1. The van der Waals surface area contributed by atoms with E-state index < -0.39 is 5.54 Å². The third-order valence-electron chi connectivity index (χ3n) is 2.42. The van der Waals surface area contributed by atoms with Gasteiger partial charge in [-0.1, -0.05) is 6.42 Å². The fourth-order valence-electron chi connectivity index (χ4n) is 1.33. The van der Waals surface area contributed by atoms with Gasteiger partial charge in [0.15, 0.2) is 0 Å². The SMILES string of the molecule is CC(N)(CO)CCCCSc1ccncc1. The summed E-state index contributed by atoms with van der Waals surface area (Å²) in [6.07, 6.45) is 6.68. The molecule has 3 N–H and O–H groups in total. The molecule has 0 spiro atoms. The van der Waals surface area contributed by atoms with E-state index in [4.69, 9.17) is 10.8 Å². The quantitative estimate of drug-likeness (QED) is 0.566. The van der Waals surface area contributed by atoms with E-state index in [1.165, 1.54) is 4.90 Å². The second-order valence-corrected chi connectivity index (χ2v) is 5.47. The predicted octanol–water partition coefficient (Wildman–Crippen LogP) is 2.05. The summed E-state index contributed by atoms with van der Waals surface area (Å²) in [4.78, 5) is 5.23. The van der Waals surface area contributed by atoms with Gasteiger partial charge in [0, 0.05) is 22.8 Å². The fraction of sp³-hybridized carbons (Fsp3) is 0.583. The molecule has 4 heteroatoms. The first kappa shape index (κ1) is 13.5. The molecule has 1 aromatic rings. The molecule has 0 bridgehead atoms. The molecular weight excluding hydrogens is 220 g/mol. The standard InChI is InChI=1S/C12H20N2OS/c1-12(13,10-15)6-2-3-9-16-11-4-7-14-8-5-11/h4-5,7-8,15H,2-3,6,9-10,13H2,1H3. The van der Waals surface area contributed by atoms with Gasteiger partial charge in [0.2, 0.25) is 0 Å². The maximum absolute atomic E-state index is 8.99. The molecule has 0 aliphatic carbocycles. The van der Waals surface area contributed by atoms with Crippen LogP contribution in [0.5, 0.6) is 0 Å². The van der Waals surface area contributed by atoms with Crippen molar-refractivity contribution in [1.82, 2.24) is 4.98 Å². The van der Waals surface area contributed by atoms with E-state index in [9.17, 15) is 0 Å². The van der Waals surface area contributed by atoms with Crippen LogP contribution in [0.25, 0.3) is 0 Å². The summed E-state index contributed by atoms with van der Waals surface area (Å²) in [6, 6.07) is 4.04. The van der Waals surface area contributed by atoms with Gasteiger partial charge < -0.3 is 10.8 Å². The molecular formula is C12H20N2OS. The molecule has 0 aliphatic heterocycles. The van der Waals surface area contributed by atoms with Crippen LogP contribution in [0.15, 0.2) is 29.4 Å². The molecule has 1 unspecified atom stereocenters. The van der Waals surface area contributed by atoms with Crippen molar-refractivity contribution in [1.29, 1.82) is 0 Å². The van der Waals surface area contributed by atoms with E-state index in [1.54, 1.807) is 0 Å². The molecule has 0 fully saturated rings. The maximum atomic E-state index is 8.99. The van der Waals surface area contributed by atoms with Crippen LogP contribution in [0, 0.1) is 0 Å². The van der Waals surface area contributed by atoms with Crippen molar-refractivity contribution in [2.24, 2.45) is 5.73 Å². The zero-order chi connectivity index (χ0) is 11.9. The third-order valence-corrected chi connectivity index (χ3v) is 3.52. The summed E-state index contributed by atoms with van der Waals surface area (Å²) < 4.78 is 0. The number of hydrogen-bond acceptors (Lipinski definition) is 4. The Balaban J connectivity index is 2.09. The smallest absolute Gasteiger partial charge is 0.0608 e. The average molecular weight is 240 g/mol. The van der Waals surface area contributed by atoms with Crippen LogP contribution in [-0.4, -0.2) is 28.0 Å². The second-order valence-electron chi connectivity index (χ2n) is 4.30. The van der Waals surface area contributed by atoms with Gasteiger partial charge in [-0.05, 0) is 37.7 Å². The molecule has 0 saturated heterocycles. The minimum atomic E-state index is -0.415. The lowest BCUT2D eigenvalue weighted by atomic mass is 9.98. The summed E-state index contributed by atoms with van der Waals surface area (Å²) >= 11 is 1.84. The van der Waals surface area contributed by atoms with Gasteiger partial charge in [-0.25, -0.2) is 0 Å². The number of rotatable bonds is 7. The number of thioether (sulfide) groups is 1. The molecule has 0 radical (unpaired) electrons. The van der Waals surface area contributed by atoms with Crippen LogP contribution < -0.4 is 5.73 Å². The van der Waals surface area contributed by atoms with E-state index in [1.807, 2.05) is 43.2 Å². The Labute approximate surface area is 101 Å². The maximum Gasteiger partial charge on any atom is 0.0608 e. The lowest BCUT2D eigenvalue weighted by molar-refractivity contribution is 0.198. The normalized spacial score (nSPS) is 14.7. The van der Waals surface area contributed by atoms with Gasteiger partial charge in [0.25, 0.3) is 0 Å². The topological polar surface area (TPSA) is 59.1 Å². The monoisotopic (exact) mass is 240 g/mol. The summed E-state index contributed by atoms with van der Waals surface area (Å²) in [7, 11) is 0. The fourth-order valence-corrected chi connectivity index (χ4v) is 2.23. The highest BCUT2D eigenvalue weighted by atomic mass is 32.2. The zero-order valence-corrected chi connectivity index (χ0v) is 10.5. The zero-order valence-electron chi connectivity index (χ0n) is 9.72. The number of nitrogens with zero attached hydrogens (tertiary/aromatic N) is 1. The van der Waals surface area contributed by atoms with Crippen molar-refractivity contribution < 1.29 is 5.11 Å². The van der Waals surface area contributed by atoms with Crippen molar-refractivity contribution in [3.05, 3.63) is 24.5 Å². The van der Waals surface area contributed by atoms with Crippen LogP contribution >= 0.6 is 11.8 Å². The first-order valence-corrected chi connectivity index (χ1v) is 6.55. The molecule has 0 aromatic carbocycles. The minimum Gasteiger partial charge on any atom is -0.394 e. The van der Waals surface area contributed by atoms with Gasteiger partial charge in [-0.3, -0.25) is 4.98 Å². The molecule has 0 saturated carbocycles. The molecule has 3 nitrogen and oxygen atoms in total. The number of hydrogen-bond donors (Lipinski definition) is 2. The summed E-state index contributed by atoms with van der Waals surface area (Å²) in [6.45, 7) is 1.95. The molecule has 0 aliphatic rings. The lowest BCUT2D eigenvalue weighted by Crippen LogP contribution is -2.39. The van der Waals surface area contributed by atoms with Gasteiger partial charge in [0.05, 0.1) is 6.61 Å². The highest BCUT2D eigenvalue weighted by Gasteiger charge is 2.15. The van der Waals surface area contributed by atoms with Gasteiger partial charge >= 0.3 is 0 Å². The van der Waals surface area contributed by atoms with Crippen LogP contribution in [0.1, 0.15) is 26.2 Å². The van der Waals surface area contributed by atoms with Crippen LogP contribution in [0.3, 0.4) is 0 Å². The number of pyridine rings is 1. The van der Waals surface area contributed by atoms with E-state index in [-0.39, 0.29) is 6.61 Å². The lowest BCUT2D eigenvalue weighted by Gasteiger charge is -2.21. The highest BCUT2D eigenvalue weighted by Crippen LogP contribution is 2.19. The Morgan fingerprint density at radius 3 is 2.69 bits per heavy atom. The van der Waals surface area contributed by atoms with Crippen molar-refractivity contribution >= 4 is 11.8 Å². The highest BCUT2D eigenvalue weighted by molar-refractivity contribution is 7.99. The van der Waals surface area contributed by atoms with Crippen molar-refractivity contribution in [2.75, 3.05) is 12.4 Å². The number of aliphatic hydroxyl groups excluding tert-OH is 1. The van der Waals surface area contributed by atoms with Crippen molar-refractivity contribution in [3.63, 3.8) is 0 Å². The molecule has 16 heavy (non-hydrogen) atoms. The van der Waals surface area contributed by atoms with E-state index in [0.717, 1.165) is 25.0 Å². The summed E-state index contributed by atoms with van der Waals surface area (Å²) in [5.41, 5.74) is 5.43.